The smallest absolute Gasteiger partial charge is 0.416 e. The number of nitrogens with zero attached hydrogens (tertiary/aromatic N) is 2. The molecule has 0 bridgehead atoms. The maximum absolute atomic E-state index is 14.1. The first kappa shape index (κ1) is 22.4. The Bertz CT molecular complexity index is 1030. The Balaban J connectivity index is 2.51. The van der Waals surface area contributed by atoms with E-state index in [1.54, 1.807) is 0 Å². The van der Waals surface area contributed by atoms with Crippen molar-refractivity contribution < 1.29 is 26.7 Å². The first-order valence-electron chi connectivity index (χ1n) is 7.25. The van der Waals surface area contributed by atoms with Gasteiger partial charge in [-0.05, 0) is 24.3 Å². The summed E-state index contributed by atoms with van der Waals surface area (Å²) in [6.45, 7) is 0. The van der Waals surface area contributed by atoms with Crippen LogP contribution in [0.5, 0.6) is 11.5 Å². The third-order valence-electron chi connectivity index (χ3n) is 3.19. The molecule has 4 N–H and O–H groups in total. The van der Waals surface area contributed by atoms with Crippen molar-refractivity contribution in [2.75, 3.05) is 5.43 Å². The summed E-state index contributed by atoms with van der Waals surface area (Å²) in [7, 11) is 0. The van der Waals surface area contributed by atoms with Gasteiger partial charge in [0.05, 0.1) is 10.6 Å². The summed E-state index contributed by atoms with van der Waals surface area (Å²) >= 11 is 9.12. The van der Waals surface area contributed by atoms with Crippen molar-refractivity contribution in [1.29, 1.82) is 10.7 Å². The number of nitrogens with one attached hydrogen (secondary N) is 2. The molecule has 0 spiro atoms. The number of hydrogen-bond donors (Lipinski definition) is 3. The number of anilines is 1. The summed E-state index contributed by atoms with van der Waals surface area (Å²) in [6, 6.07) is 4.24. The Morgan fingerprint density at radius 2 is 1.79 bits per heavy atom. The van der Waals surface area contributed by atoms with E-state index in [4.69, 9.17) is 32.7 Å². The minimum absolute atomic E-state index is 0.0694. The molecule has 0 aliphatic heterocycles. The van der Waals surface area contributed by atoms with Gasteiger partial charge in [0.15, 0.2) is 29.0 Å². The number of nitrogens with two attached hydrogens (primary N) is 1. The number of hydrazone groups is 1. The molecule has 2 aromatic rings. The second-order valence-corrected chi connectivity index (χ2v) is 6.55. The average molecular weight is 497 g/mol. The van der Waals surface area contributed by atoms with E-state index in [1.165, 1.54) is 18.2 Å². The van der Waals surface area contributed by atoms with Gasteiger partial charge in [0, 0.05) is 4.47 Å². The van der Waals surface area contributed by atoms with E-state index in [0.29, 0.717) is 4.47 Å². The highest BCUT2D eigenvalue weighted by Crippen LogP contribution is 2.42. The van der Waals surface area contributed by atoms with Crippen molar-refractivity contribution in [2.24, 2.45) is 10.8 Å². The average Bonchev–Trinajstić information content (AvgIpc) is 2.58. The van der Waals surface area contributed by atoms with Crippen molar-refractivity contribution in [3.63, 3.8) is 0 Å². The number of amidine groups is 1. The van der Waals surface area contributed by atoms with E-state index >= 15 is 0 Å². The highest BCUT2D eigenvalue weighted by Gasteiger charge is 2.33. The summed E-state index contributed by atoms with van der Waals surface area (Å²) in [4.78, 5) is 0. The number of halogens is 7. The summed E-state index contributed by atoms with van der Waals surface area (Å²) < 4.78 is 71.7. The maximum atomic E-state index is 14.1. The Labute approximate surface area is 173 Å². The molecule has 0 atom stereocenters. The van der Waals surface area contributed by atoms with Crippen molar-refractivity contribution >= 4 is 44.8 Å². The van der Waals surface area contributed by atoms with Gasteiger partial charge < -0.3 is 10.5 Å². The predicted molar refractivity (Wildman–Crippen MR) is 99.2 cm³/mol. The molecule has 2 rings (SSSR count). The van der Waals surface area contributed by atoms with E-state index in [2.05, 4.69) is 26.5 Å². The van der Waals surface area contributed by atoms with Crippen LogP contribution in [0.4, 0.5) is 27.6 Å². The molecule has 0 unspecified atom stereocenters. The van der Waals surface area contributed by atoms with Crippen LogP contribution in [0.15, 0.2) is 33.8 Å². The minimum Gasteiger partial charge on any atom is -0.447 e. The quantitative estimate of drug-likeness (QED) is 0.222. The van der Waals surface area contributed by atoms with Crippen molar-refractivity contribution in [3.05, 3.63) is 51.0 Å². The number of ether oxygens (including phenoxy) is 1. The van der Waals surface area contributed by atoms with Gasteiger partial charge in [-0.3, -0.25) is 10.8 Å². The van der Waals surface area contributed by atoms with Crippen LogP contribution in [0, 0.1) is 28.4 Å². The van der Waals surface area contributed by atoms with Crippen molar-refractivity contribution in [2.45, 2.75) is 6.18 Å². The van der Waals surface area contributed by atoms with Gasteiger partial charge in [0.1, 0.15) is 11.8 Å². The van der Waals surface area contributed by atoms with Crippen LogP contribution in [0.2, 0.25) is 5.02 Å². The molecule has 13 heteroatoms. The minimum atomic E-state index is -4.96. The summed E-state index contributed by atoms with van der Waals surface area (Å²) in [5, 5.41) is 19.4. The highest BCUT2D eigenvalue weighted by atomic mass is 79.9. The number of rotatable bonds is 5. The van der Waals surface area contributed by atoms with Gasteiger partial charge in [-0.25, -0.2) is 8.78 Å². The second kappa shape index (κ2) is 8.62. The molecule has 0 fully saturated rings. The molecule has 0 saturated heterocycles. The van der Waals surface area contributed by atoms with E-state index in [0.717, 1.165) is 0 Å². The molecule has 0 radical (unpaired) electrons. The monoisotopic (exact) mass is 495 g/mol. The molecule has 0 aliphatic carbocycles. The molecule has 0 saturated carbocycles. The lowest BCUT2D eigenvalue weighted by atomic mass is 10.2. The van der Waals surface area contributed by atoms with Gasteiger partial charge in [-0.15, -0.1) is 0 Å². The standard InChI is InChI=1S/C16H8BrClF5N5O/c17-7-3-8(18)13(11(4-7)27-28-12(5-24)15(25)26)29-14-9(19)1-6(2-10(14)20)16(21,22)23/h1-4,27H,(H3,25,26)/b28-12+. The van der Waals surface area contributed by atoms with Crippen molar-refractivity contribution in [3.8, 4) is 17.6 Å². The van der Waals surface area contributed by atoms with Crippen molar-refractivity contribution in [1.82, 2.24) is 0 Å². The topological polar surface area (TPSA) is 107 Å². The predicted octanol–water partition coefficient (Wildman–Crippen LogP) is 5.42. The third-order valence-corrected chi connectivity index (χ3v) is 3.93. The van der Waals surface area contributed by atoms with Gasteiger partial charge in [-0.1, -0.05) is 27.5 Å². The summed E-state index contributed by atoms with van der Waals surface area (Å²) in [5.74, 6) is -5.44. The maximum Gasteiger partial charge on any atom is 0.416 e. The van der Waals surface area contributed by atoms with Crippen LogP contribution in [-0.2, 0) is 6.18 Å². The fourth-order valence-electron chi connectivity index (χ4n) is 1.93. The number of nitriles is 1. The first-order valence-corrected chi connectivity index (χ1v) is 8.42. The molecule has 0 amide bonds. The molecule has 6 nitrogen and oxygen atoms in total. The van der Waals surface area contributed by atoms with Crippen LogP contribution in [-0.4, -0.2) is 11.5 Å². The van der Waals surface area contributed by atoms with Crippen LogP contribution >= 0.6 is 27.5 Å². The van der Waals surface area contributed by atoms with Gasteiger partial charge in [-0.2, -0.15) is 23.5 Å². The molecular formula is C16H8BrClF5N5O. The Morgan fingerprint density at radius 3 is 2.28 bits per heavy atom. The molecule has 29 heavy (non-hydrogen) atoms. The lowest BCUT2D eigenvalue weighted by Crippen LogP contribution is -2.21. The molecule has 0 aliphatic rings. The zero-order chi connectivity index (χ0) is 21.9. The van der Waals surface area contributed by atoms with E-state index in [1.807, 2.05) is 0 Å². The van der Waals surface area contributed by atoms with Gasteiger partial charge in [0.2, 0.25) is 5.71 Å². The largest absolute Gasteiger partial charge is 0.447 e. The summed E-state index contributed by atoms with van der Waals surface area (Å²) in [6.07, 6.45) is -4.96. The van der Waals surface area contributed by atoms with Crippen LogP contribution in [0.25, 0.3) is 0 Å². The van der Waals surface area contributed by atoms with Gasteiger partial charge >= 0.3 is 6.18 Å². The van der Waals surface area contributed by atoms with Crippen LogP contribution in [0.1, 0.15) is 5.56 Å². The fraction of sp³-hybridized carbons (Fsp3) is 0.0625. The lowest BCUT2D eigenvalue weighted by Gasteiger charge is -2.15. The molecule has 152 valence electrons. The highest BCUT2D eigenvalue weighted by molar-refractivity contribution is 9.10. The second-order valence-electron chi connectivity index (χ2n) is 5.23. The SMILES string of the molecule is N#C/C(=N\Nc1cc(Br)cc(Cl)c1Oc1c(F)cc(C(F)(F)F)cc1F)C(=N)N. The molecule has 0 heterocycles. The zero-order valence-corrected chi connectivity index (χ0v) is 16.2. The Hall–Kier alpha value is -2.91. The van der Waals surface area contributed by atoms with E-state index in [-0.39, 0.29) is 22.8 Å². The molecule has 0 aromatic heterocycles. The number of benzene rings is 2. The normalized spacial score (nSPS) is 11.7. The van der Waals surface area contributed by atoms with Crippen LogP contribution in [0.3, 0.4) is 0 Å². The van der Waals surface area contributed by atoms with E-state index < -0.39 is 46.4 Å². The summed E-state index contributed by atoms with van der Waals surface area (Å²) in [5.41, 5.74) is 5.28. The van der Waals surface area contributed by atoms with E-state index in [9.17, 15) is 22.0 Å². The lowest BCUT2D eigenvalue weighted by molar-refractivity contribution is -0.138. The number of hydrogen-bond acceptors (Lipinski definition) is 5. The molecule has 2 aromatic carbocycles. The Morgan fingerprint density at radius 1 is 1.21 bits per heavy atom. The Kier molecular flexibility index (Phi) is 6.66. The third kappa shape index (κ3) is 5.33. The number of alkyl halides is 3. The zero-order valence-electron chi connectivity index (χ0n) is 13.8. The molecular weight excluding hydrogens is 489 g/mol. The first-order chi connectivity index (χ1) is 13.4. The fourth-order valence-corrected chi connectivity index (χ4v) is 2.78. The van der Waals surface area contributed by atoms with Gasteiger partial charge in [0.25, 0.3) is 0 Å². The van der Waals surface area contributed by atoms with Crippen LogP contribution < -0.4 is 15.9 Å².